The Labute approximate surface area is 134 Å². The van der Waals surface area contributed by atoms with Crippen LogP contribution in [0.1, 0.15) is 11.1 Å². The zero-order valence-corrected chi connectivity index (χ0v) is 12.6. The van der Waals surface area contributed by atoms with E-state index in [1.54, 1.807) is 0 Å². The van der Waals surface area contributed by atoms with Gasteiger partial charge in [-0.05, 0) is 11.1 Å². The number of azide groups is 2. The average molecular weight is 324 g/mol. The fourth-order valence-electron chi connectivity index (χ4n) is 1.61. The zero-order chi connectivity index (χ0) is 14.5. The first-order chi connectivity index (χ1) is 9.86. The molecule has 0 saturated carbocycles. The molecule has 0 fully saturated rings. The minimum atomic E-state index is 0. The normalized spacial score (nSPS) is 8.38. The summed E-state index contributed by atoms with van der Waals surface area (Å²) in [5, 5.41) is 6.85. The molecule has 0 heterocycles. The largest absolute Gasteiger partial charge is 2.00 e. The summed E-state index contributed by atoms with van der Waals surface area (Å²) in [4.78, 5) is 5.32. The topological polar surface area (TPSA) is 97.5 Å². The van der Waals surface area contributed by atoms with Crippen LogP contribution in [0.25, 0.3) is 20.9 Å². The maximum absolute atomic E-state index is 7.95. The molecule has 2 rings (SSSR count). The van der Waals surface area contributed by atoms with Gasteiger partial charge in [-0.3, -0.25) is 0 Å². The summed E-state index contributed by atoms with van der Waals surface area (Å²) in [7, 11) is 0. The summed E-state index contributed by atoms with van der Waals surface area (Å²) < 4.78 is 0. The van der Waals surface area contributed by atoms with Gasteiger partial charge in [-0.1, -0.05) is 23.1 Å². The van der Waals surface area contributed by atoms with Crippen LogP contribution in [0.15, 0.2) is 58.8 Å². The molecule has 0 aliphatic carbocycles. The van der Waals surface area contributed by atoms with Crippen molar-refractivity contribution in [1.82, 2.24) is 0 Å². The molecule has 21 heavy (non-hydrogen) atoms. The standard InChI is InChI=1S/2C7H8N3.Fe/c2*8-10-9-6-5-7-3-1-2-4-7;/h2*1-4H,5-6H2;/q2*-1;+2. The van der Waals surface area contributed by atoms with Crippen molar-refractivity contribution in [3.63, 3.8) is 0 Å². The second kappa shape index (κ2) is 12.9. The number of hydrogen-bond donors (Lipinski definition) is 0. The molecule has 0 saturated heterocycles. The Kier molecular flexibility index (Phi) is 11.5. The molecule has 0 aliphatic heterocycles. The molecule has 2 aromatic rings. The third-order valence-corrected chi connectivity index (χ3v) is 2.59. The molecule has 6 nitrogen and oxygen atoms in total. The molecule has 0 aliphatic rings. The van der Waals surface area contributed by atoms with E-state index in [1.165, 1.54) is 11.1 Å². The van der Waals surface area contributed by atoms with E-state index < -0.39 is 0 Å². The van der Waals surface area contributed by atoms with E-state index in [4.69, 9.17) is 11.1 Å². The van der Waals surface area contributed by atoms with Gasteiger partial charge in [0.1, 0.15) is 0 Å². The SMILES string of the molecule is [Fe+2].[N-]=[N+]=NCCc1cc[cH-]c1.[N-]=[N+]=NCCc1cc[cH-]c1. The van der Waals surface area contributed by atoms with Gasteiger partial charge in [0, 0.05) is 22.9 Å². The molecule has 0 radical (unpaired) electrons. The predicted octanol–water partition coefficient (Wildman–Crippen LogP) is 4.51. The summed E-state index contributed by atoms with van der Waals surface area (Å²) in [5.74, 6) is 0. The Morgan fingerprint density at radius 1 is 0.857 bits per heavy atom. The van der Waals surface area contributed by atoms with Crippen molar-refractivity contribution in [2.45, 2.75) is 12.8 Å². The van der Waals surface area contributed by atoms with Gasteiger partial charge in [-0.2, -0.15) is 47.5 Å². The molecule has 0 amide bonds. The molecule has 0 N–H and O–H groups in total. The smallest absolute Gasteiger partial charge is 0.211 e. The van der Waals surface area contributed by atoms with Gasteiger partial charge in [0.15, 0.2) is 0 Å². The van der Waals surface area contributed by atoms with E-state index >= 15 is 0 Å². The van der Waals surface area contributed by atoms with Gasteiger partial charge in [0.2, 0.25) is 0 Å². The van der Waals surface area contributed by atoms with Crippen molar-refractivity contribution in [3.8, 4) is 0 Å². The van der Waals surface area contributed by atoms with Crippen LogP contribution in [0.5, 0.6) is 0 Å². The number of nitrogens with zero attached hydrogens (tertiary/aromatic N) is 6. The minimum absolute atomic E-state index is 0. The Hall–Kier alpha value is -2.16. The number of rotatable bonds is 6. The van der Waals surface area contributed by atoms with Crippen molar-refractivity contribution in [2.75, 3.05) is 13.1 Å². The van der Waals surface area contributed by atoms with Gasteiger partial charge in [0.25, 0.3) is 0 Å². The third-order valence-electron chi connectivity index (χ3n) is 2.59. The van der Waals surface area contributed by atoms with Gasteiger partial charge in [0.05, 0.1) is 0 Å². The molecule has 110 valence electrons. The molecule has 2 aromatic carbocycles. The second-order valence-corrected chi connectivity index (χ2v) is 4.00. The van der Waals surface area contributed by atoms with Gasteiger partial charge < -0.3 is 0 Å². The molecule has 7 heteroatoms. The third kappa shape index (κ3) is 9.38. The van der Waals surface area contributed by atoms with Crippen LogP contribution in [0.2, 0.25) is 0 Å². The number of hydrogen-bond acceptors (Lipinski definition) is 2. The van der Waals surface area contributed by atoms with Crippen LogP contribution >= 0.6 is 0 Å². The maximum atomic E-state index is 7.95. The summed E-state index contributed by atoms with van der Waals surface area (Å²) in [6.45, 7) is 1.11. The summed E-state index contributed by atoms with van der Waals surface area (Å²) in [5.41, 5.74) is 18.4. The monoisotopic (exact) mass is 324 g/mol. The van der Waals surface area contributed by atoms with E-state index in [0.29, 0.717) is 13.1 Å². The van der Waals surface area contributed by atoms with Gasteiger partial charge in [-0.25, -0.2) is 12.1 Å². The Bertz CT molecular complexity index is 496. The molecule has 0 unspecified atom stereocenters. The molecular formula is C14H16FeN6. The fourth-order valence-corrected chi connectivity index (χ4v) is 1.61. The quantitative estimate of drug-likeness (QED) is 0.245. The average Bonchev–Trinajstić information content (AvgIpc) is 3.13. The summed E-state index contributed by atoms with van der Waals surface area (Å²) in [6, 6.07) is 16.0. The van der Waals surface area contributed by atoms with E-state index in [2.05, 4.69) is 20.1 Å². The molecule has 0 spiro atoms. The van der Waals surface area contributed by atoms with Crippen LogP contribution < -0.4 is 0 Å². The summed E-state index contributed by atoms with van der Waals surface area (Å²) >= 11 is 0. The van der Waals surface area contributed by atoms with Gasteiger partial charge in [-0.15, -0.1) is 0 Å². The Morgan fingerprint density at radius 2 is 1.29 bits per heavy atom. The van der Waals surface area contributed by atoms with Crippen molar-refractivity contribution in [3.05, 3.63) is 80.5 Å². The predicted molar refractivity (Wildman–Crippen MR) is 79.5 cm³/mol. The van der Waals surface area contributed by atoms with Crippen molar-refractivity contribution in [1.29, 1.82) is 0 Å². The first-order valence-electron chi connectivity index (χ1n) is 6.29. The molecule has 0 aromatic heterocycles. The minimum Gasteiger partial charge on any atom is -0.211 e. The Morgan fingerprint density at radius 3 is 1.57 bits per heavy atom. The van der Waals surface area contributed by atoms with Crippen LogP contribution in [-0.2, 0) is 29.9 Å². The van der Waals surface area contributed by atoms with E-state index in [0.717, 1.165) is 12.8 Å². The molecule has 0 atom stereocenters. The molecular weight excluding hydrogens is 308 g/mol. The van der Waals surface area contributed by atoms with E-state index in [1.807, 2.05) is 48.5 Å². The first kappa shape index (κ1) is 18.8. The van der Waals surface area contributed by atoms with Crippen LogP contribution in [-0.4, -0.2) is 13.1 Å². The Balaban J connectivity index is 0.000000364. The first-order valence-corrected chi connectivity index (χ1v) is 6.29. The van der Waals surface area contributed by atoms with Crippen LogP contribution in [0.4, 0.5) is 0 Å². The maximum Gasteiger partial charge on any atom is 2.00 e. The van der Waals surface area contributed by atoms with Gasteiger partial charge >= 0.3 is 17.1 Å². The van der Waals surface area contributed by atoms with Crippen molar-refractivity contribution in [2.24, 2.45) is 10.2 Å². The second-order valence-electron chi connectivity index (χ2n) is 4.00. The zero-order valence-electron chi connectivity index (χ0n) is 11.5. The van der Waals surface area contributed by atoms with Crippen molar-refractivity contribution >= 4 is 0 Å². The van der Waals surface area contributed by atoms with Crippen LogP contribution in [0.3, 0.4) is 0 Å². The fraction of sp³-hybridized carbons (Fsp3) is 0.286. The summed E-state index contributed by atoms with van der Waals surface area (Å²) in [6.07, 6.45) is 1.69. The molecule has 0 bridgehead atoms. The van der Waals surface area contributed by atoms with E-state index in [-0.39, 0.29) is 17.1 Å². The van der Waals surface area contributed by atoms with E-state index in [9.17, 15) is 0 Å². The van der Waals surface area contributed by atoms with Crippen LogP contribution in [0, 0.1) is 0 Å². The van der Waals surface area contributed by atoms with Crippen molar-refractivity contribution < 1.29 is 17.1 Å².